The molecule has 1 aliphatic heterocycles. The summed E-state index contributed by atoms with van der Waals surface area (Å²) in [6.45, 7) is 8.66. The predicted molar refractivity (Wildman–Crippen MR) is 133 cm³/mol. The minimum absolute atomic E-state index is 0.0449. The molecular weight excluding hydrogens is 434 g/mol. The van der Waals surface area contributed by atoms with Gasteiger partial charge in [0.05, 0.1) is 5.02 Å². The highest BCUT2D eigenvalue weighted by molar-refractivity contribution is 6.32. The lowest BCUT2D eigenvalue weighted by molar-refractivity contribution is 0.0873. The Morgan fingerprint density at radius 2 is 1.76 bits per heavy atom. The number of hydrogen-bond acceptors (Lipinski definition) is 4. The fourth-order valence-electron chi connectivity index (χ4n) is 4.85. The van der Waals surface area contributed by atoms with Crippen LogP contribution >= 0.6 is 11.6 Å². The van der Waals surface area contributed by atoms with Gasteiger partial charge in [-0.1, -0.05) is 35.9 Å². The molecule has 0 spiro atoms. The van der Waals surface area contributed by atoms with E-state index in [1.807, 2.05) is 36.4 Å². The fraction of sp³-hybridized carbons (Fsp3) is 0.333. The van der Waals surface area contributed by atoms with Gasteiger partial charge in [0.15, 0.2) is 0 Å². The van der Waals surface area contributed by atoms with E-state index >= 15 is 0 Å². The third-order valence-corrected chi connectivity index (χ3v) is 6.09. The van der Waals surface area contributed by atoms with Crippen molar-refractivity contribution in [1.29, 1.82) is 0 Å². The lowest BCUT2D eigenvalue weighted by Crippen LogP contribution is -2.62. The Morgan fingerprint density at radius 3 is 2.42 bits per heavy atom. The van der Waals surface area contributed by atoms with Gasteiger partial charge < -0.3 is 15.4 Å². The van der Waals surface area contributed by atoms with Crippen molar-refractivity contribution in [3.8, 4) is 22.6 Å². The minimum Gasteiger partial charge on any atom is -0.455 e. The van der Waals surface area contributed by atoms with Crippen LogP contribution < -0.4 is 15.4 Å². The van der Waals surface area contributed by atoms with E-state index in [9.17, 15) is 4.79 Å². The summed E-state index contributed by atoms with van der Waals surface area (Å²) in [7, 11) is 0. The van der Waals surface area contributed by atoms with Crippen LogP contribution in [-0.2, 0) is 0 Å². The molecule has 0 aliphatic carbocycles. The van der Waals surface area contributed by atoms with Crippen LogP contribution in [-0.4, -0.2) is 28.0 Å². The van der Waals surface area contributed by atoms with Gasteiger partial charge in [0.2, 0.25) is 0 Å². The first-order valence-corrected chi connectivity index (χ1v) is 11.6. The molecule has 0 unspecified atom stereocenters. The van der Waals surface area contributed by atoms with Gasteiger partial charge >= 0.3 is 0 Å². The van der Waals surface area contributed by atoms with Crippen LogP contribution in [0.2, 0.25) is 5.02 Å². The monoisotopic (exact) mass is 463 g/mol. The summed E-state index contributed by atoms with van der Waals surface area (Å²) >= 11 is 6.53. The zero-order valence-electron chi connectivity index (χ0n) is 19.5. The maximum Gasteiger partial charge on any atom is 0.251 e. The first kappa shape index (κ1) is 23.3. The number of hydrogen-bond donors (Lipinski definition) is 2. The van der Waals surface area contributed by atoms with Crippen molar-refractivity contribution >= 4 is 17.5 Å². The van der Waals surface area contributed by atoms with E-state index < -0.39 is 0 Å². The van der Waals surface area contributed by atoms with Crippen molar-refractivity contribution < 1.29 is 9.53 Å². The van der Waals surface area contributed by atoms with E-state index in [0.29, 0.717) is 22.1 Å². The van der Waals surface area contributed by atoms with Crippen molar-refractivity contribution in [2.45, 2.75) is 57.7 Å². The molecule has 33 heavy (non-hydrogen) atoms. The summed E-state index contributed by atoms with van der Waals surface area (Å²) < 4.78 is 6.13. The molecule has 1 saturated heterocycles. The van der Waals surface area contributed by atoms with E-state index in [1.165, 1.54) is 0 Å². The zero-order valence-corrected chi connectivity index (χ0v) is 20.2. The number of piperidine rings is 1. The van der Waals surface area contributed by atoms with Gasteiger partial charge in [0.1, 0.15) is 11.5 Å². The summed E-state index contributed by atoms with van der Waals surface area (Å²) in [6, 6.07) is 16.8. The summed E-state index contributed by atoms with van der Waals surface area (Å²) in [5, 5.41) is 7.21. The van der Waals surface area contributed by atoms with Gasteiger partial charge in [0.25, 0.3) is 5.91 Å². The molecular formula is C27H30ClN3O2. The number of aromatic nitrogens is 1. The molecule has 1 aromatic heterocycles. The second-order valence-corrected chi connectivity index (χ2v) is 10.4. The van der Waals surface area contributed by atoms with Gasteiger partial charge in [-0.3, -0.25) is 9.78 Å². The first-order valence-electron chi connectivity index (χ1n) is 11.2. The van der Waals surface area contributed by atoms with Crippen molar-refractivity contribution in [2.24, 2.45) is 0 Å². The fourth-order valence-corrected chi connectivity index (χ4v) is 5.07. The van der Waals surface area contributed by atoms with Crippen LogP contribution in [0.1, 0.15) is 50.9 Å². The minimum atomic E-state index is -0.127. The number of halogens is 1. The zero-order chi connectivity index (χ0) is 23.6. The molecule has 3 aromatic rings. The maximum atomic E-state index is 13.0. The van der Waals surface area contributed by atoms with E-state index in [2.05, 4.69) is 43.3 Å². The molecule has 2 heterocycles. The SMILES string of the molecule is CC1(C)CC(NC(=O)c2ccc(Oc3ccccc3-c3cccnc3)c(Cl)c2)CC(C)(C)N1. The van der Waals surface area contributed by atoms with Crippen LogP contribution in [0.5, 0.6) is 11.5 Å². The molecule has 0 radical (unpaired) electrons. The number of nitrogens with zero attached hydrogens (tertiary/aromatic N) is 1. The van der Waals surface area contributed by atoms with Gasteiger partial charge in [-0.25, -0.2) is 0 Å². The third kappa shape index (κ3) is 5.73. The van der Waals surface area contributed by atoms with Gasteiger partial charge in [-0.15, -0.1) is 0 Å². The summed E-state index contributed by atoms with van der Waals surface area (Å²) in [5.41, 5.74) is 2.29. The molecule has 2 N–H and O–H groups in total. The maximum absolute atomic E-state index is 13.0. The van der Waals surface area contributed by atoms with E-state index in [1.54, 1.807) is 30.6 Å². The molecule has 0 atom stereocenters. The van der Waals surface area contributed by atoms with E-state index in [-0.39, 0.29) is 23.0 Å². The molecule has 172 valence electrons. The van der Waals surface area contributed by atoms with E-state index in [4.69, 9.17) is 16.3 Å². The van der Waals surface area contributed by atoms with E-state index in [0.717, 1.165) is 24.0 Å². The lowest BCUT2D eigenvalue weighted by atomic mass is 9.79. The molecule has 6 heteroatoms. The van der Waals surface area contributed by atoms with Crippen molar-refractivity contribution in [2.75, 3.05) is 0 Å². The van der Waals surface area contributed by atoms with Gasteiger partial charge in [-0.05, 0) is 70.9 Å². The highest BCUT2D eigenvalue weighted by Crippen LogP contribution is 2.36. The standard InChI is InChI=1S/C27H30ClN3O2/c1-26(2)15-20(16-27(3,4)31-26)30-25(32)18-11-12-24(22(28)14-18)33-23-10-6-5-9-21(23)19-8-7-13-29-17-19/h5-14,17,20,31H,15-16H2,1-4H3,(H,30,32). The normalized spacial score (nSPS) is 17.4. The smallest absolute Gasteiger partial charge is 0.251 e. The molecule has 5 nitrogen and oxygen atoms in total. The number of ether oxygens (including phenoxy) is 1. The van der Waals surface area contributed by atoms with Crippen LogP contribution in [0, 0.1) is 0 Å². The number of benzene rings is 2. The van der Waals surface area contributed by atoms with Crippen LogP contribution in [0.4, 0.5) is 0 Å². The highest BCUT2D eigenvalue weighted by Gasteiger charge is 2.38. The number of pyridine rings is 1. The highest BCUT2D eigenvalue weighted by atomic mass is 35.5. The number of nitrogens with one attached hydrogen (secondary N) is 2. The summed E-state index contributed by atoms with van der Waals surface area (Å²) in [4.78, 5) is 17.2. The number of amides is 1. The molecule has 1 fully saturated rings. The molecule has 4 rings (SSSR count). The lowest BCUT2D eigenvalue weighted by Gasteiger charge is -2.46. The molecule has 2 aromatic carbocycles. The van der Waals surface area contributed by atoms with Crippen molar-refractivity contribution in [3.05, 3.63) is 77.6 Å². The Bertz CT molecular complexity index is 1130. The summed E-state index contributed by atoms with van der Waals surface area (Å²) in [6.07, 6.45) is 5.25. The summed E-state index contributed by atoms with van der Waals surface area (Å²) in [5.74, 6) is 1.04. The average molecular weight is 464 g/mol. The second-order valence-electron chi connectivity index (χ2n) is 9.96. The van der Waals surface area contributed by atoms with Crippen LogP contribution in [0.3, 0.4) is 0 Å². The van der Waals surface area contributed by atoms with Crippen molar-refractivity contribution in [3.63, 3.8) is 0 Å². The molecule has 0 bridgehead atoms. The van der Waals surface area contributed by atoms with Gasteiger partial charge in [0, 0.05) is 46.2 Å². The van der Waals surface area contributed by atoms with Crippen LogP contribution in [0.25, 0.3) is 11.1 Å². The Labute approximate surface area is 200 Å². The van der Waals surface area contributed by atoms with Gasteiger partial charge in [-0.2, -0.15) is 0 Å². The Balaban J connectivity index is 1.50. The second kappa shape index (κ2) is 9.16. The molecule has 1 amide bonds. The Kier molecular flexibility index (Phi) is 6.46. The number of para-hydroxylation sites is 1. The molecule has 1 aliphatic rings. The van der Waals surface area contributed by atoms with Crippen molar-refractivity contribution in [1.82, 2.24) is 15.6 Å². The Hall–Kier alpha value is -2.89. The predicted octanol–water partition coefficient (Wildman–Crippen LogP) is 6.23. The topological polar surface area (TPSA) is 63.2 Å². The number of rotatable bonds is 5. The number of carbonyl (C=O) groups excluding carboxylic acids is 1. The Morgan fingerprint density at radius 1 is 1.03 bits per heavy atom. The first-order chi connectivity index (χ1) is 15.6. The molecule has 0 saturated carbocycles. The third-order valence-electron chi connectivity index (χ3n) is 5.80. The average Bonchev–Trinajstić information content (AvgIpc) is 2.74. The number of carbonyl (C=O) groups is 1. The van der Waals surface area contributed by atoms with Crippen LogP contribution in [0.15, 0.2) is 67.0 Å². The quantitative estimate of drug-likeness (QED) is 0.470. The largest absolute Gasteiger partial charge is 0.455 e.